The molecule has 0 aliphatic rings. The molecule has 3 aromatic rings. The summed E-state index contributed by atoms with van der Waals surface area (Å²) in [6.45, 7) is 4.00. The third-order valence-electron chi connectivity index (χ3n) is 3.91. The summed E-state index contributed by atoms with van der Waals surface area (Å²) >= 11 is 0. The third-order valence-corrected chi connectivity index (χ3v) is 3.91. The zero-order valence-corrected chi connectivity index (χ0v) is 13.3. The van der Waals surface area contributed by atoms with Crippen molar-refractivity contribution in [2.75, 3.05) is 18.9 Å². The average Bonchev–Trinajstić information content (AvgIpc) is 2.93. The number of pyridine rings is 1. The van der Waals surface area contributed by atoms with Gasteiger partial charge in [0.15, 0.2) is 5.82 Å². The minimum atomic E-state index is 0.192. The molecule has 0 bridgehead atoms. The molecule has 3 rings (SSSR count). The van der Waals surface area contributed by atoms with Crippen molar-refractivity contribution in [1.82, 2.24) is 14.5 Å². The molecule has 0 unspecified atom stereocenters. The normalized spacial score (nSPS) is 11.6. The molecular formula is C17H22N4O2. The fraction of sp³-hybridized carbons (Fsp3) is 0.412. The summed E-state index contributed by atoms with van der Waals surface area (Å²) < 4.78 is 7.71. The highest BCUT2D eigenvalue weighted by Gasteiger charge is 2.16. The van der Waals surface area contributed by atoms with E-state index in [-0.39, 0.29) is 6.61 Å². The maximum absolute atomic E-state index is 9.06. The van der Waals surface area contributed by atoms with E-state index in [0.29, 0.717) is 19.0 Å². The van der Waals surface area contributed by atoms with Gasteiger partial charge >= 0.3 is 0 Å². The number of rotatable bonds is 7. The highest BCUT2D eigenvalue weighted by atomic mass is 16.5. The smallest absolute Gasteiger partial charge is 0.152 e. The predicted molar refractivity (Wildman–Crippen MR) is 91.1 cm³/mol. The topological polar surface area (TPSA) is 86.2 Å². The van der Waals surface area contributed by atoms with Gasteiger partial charge in [-0.05, 0) is 25.8 Å². The fourth-order valence-corrected chi connectivity index (χ4v) is 2.83. The SMILES string of the molecule is CCOCc1nc2c(N)nc3ccccc3c2n1CCCCO. The maximum atomic E-state index is 9.06. The van der Waals surface area contributed by atoms with Crippen LogP contribution in [0.25, 0.3) is 21.9 Å². The first-order chi connectivity index (χ1) is 11.3. The first-order valence-electron chi connectivity index (χ1n) is 7.98. The number of anilines is 1. The van der Waals surface area contributed by atoms with Gasteiger partial charge in [0.05, 0.1) is 11.0 Å². The van der Waals surface area contributed by atoms with E-state index in [1.54, 1.807) is 0 Å². The quantitative estimate of drug-likeness (QED) is 0.654. The van der Waals surface area contributed by atoms with E-state index in [9.17, 15) is 0 Å². The van der Waals surface area contributed by atoms with Crippen molar-refractivity contribution in [2.45, 2.75) is 32.9 Å². The van der Waals surface area contributed by atoms with E-state index in [1.165, 1.54) is 0 Å². The number of nitrogen functional groups attached to an aromatic ring is 1. The third kappa shape index (κ3) is 3.00. The van der Waals surface area contributed by atoms with E-state index in [2.05, 4.69) is 14.5 Å². The molecule has 2 aromatic heterocycles. The molecule has 6 heteroatoms. The Balaban J connectivity index is 2.19. The Morgan fingerprint density at radius 2 is 2.04 bits per heavy atom. The number of benzene rings is 1. The Kier molecular flexibility index (Phi) is 4.73. The second-order valence-corrected chi connectivity index (χ2v) is 5.46. The summed E-state index contributed by atoms with van der Waals surface area (Å²) in [4.78, 5) is 9.12. The van der Waals surface area contributed by atoms with Gasteiger partial charge in [-0.15, -0.1) is 0 Å². The van der Waals surface area contributed by atoms with E-state index in [1.807, 2.05) is 31.2 Å². The van der Waals surface area contributed by atoms with Gasteiger partial charge in [0.25, 0.3) is 0 Å². The van der Waals surface area contributed by atoms with Crippen molar-refractivity contribution in [3.8, 4) is 0 Å². The lowest BCUT2D eigenvalue weighted by Crippen LogP contribution is -2.07. The van der Waals surface area contributed by atoms with Crippen LogP contribution < -0.4 is 5.73 Å². The van der Waals surface area contributed by atoms with Crippen molar-refractivity contribution >= 4 is 27.8 Å². The maximum Gasteiger partial charge on any atom is 0.152 e. The van der Waals surface area contributed by atoms with E-state index < -0.39 is 0 Å². The van der Waals surface area contributed by atoms with Gasteiger partial charge in [-0.1, -0.05) is 18.2 Å². The Labute approximate surface area is 134 Å². The lowest BCUT2D eigenvalue weighted by Gasteiger charge is -2.10. The minimum Gasteiger partial charge on any atom is -0.396 e. The van der Waals surface area contributed by atoms with Crippen LogP contribution in [0.3, 0.4) is 0 Å². The number of ether oxygens (including phenoxy) is 1. The summed E-state index contributed by atoms with van der Waals surface area (Å²) in [7, 11) is 0. The summed E-state index contributed by atoms with van der Waals surface area (Å²) in [5, 5.41) is 10.1. The first kappa shape index (κ1) is 15.7. The molecule has 122 valence electrons. The molecule has 0 amide bonds. The monoisotopic (exact) mass is 314 g/mol. The molecule has 0 radical (unpaired) electrons. The first-order valence-corrected chi connectivity index (χ1v) is 7.98. The Morgan fingerprint density at radius 1 is 1.22 bits per heavy atom. The molecule has 1 aromatic carbocycles. The molecule has 3 N–H and O–H groups in total. The number of nitrogens with two attached hydrogens (primary N) is 1. The largest absolute Gasteiger partial charge is 0.396 e. The average molecular weight is 314 g/mol. The molecule has 2 heterocycles. The highest BCUT2D eigenvalue weighted by Crippen LogP contribution is 2.29. The van der Waals surface area contributed by atoms with Crippen LogP contribution in [-0.4, -0.2) is 32.9 Å². The number of hydrogen-bond acceptors (Lipinski definition) is 5. The van der Waals surface area contributed by atoms with Crippen molar-refractivity contribution in [3.05, 3.63) is 30.1 Å². The molecule has 0 saturated carbocycles. The van der Waals surface area contributed by atoms with Gasteiger partial charge < -0.3 is 20.1 Å². The fourth-order valence-electron chi connectivity index (χ4n) is 2.83. The van der Waals surface area contributed by atoms with Crippen molar-refractivity contribution in [2.24, 2.45) is 0 Å². The van der Waals surface area contributed by atoms with Crippen molar-refractivity contribution < 1.29 is 9.84 Å². The molecular weight excluding hydrogens is 292 g/mol. The van der Waals surface area contributed by atoms with Gasteiger partial charge in [0, 0.05) is 25.1 Å². The number of unbranched alkanes of at least 4 members (excludes halogenated alkanes) is 1. The van der Waals surface area contributed by atoms with E-state index in [0.717, 1.165) is 47.1 Å². The van der Waals surface area contributed by atoms with Gasteiger partial charge in [0.2, 0.25) is 0 Å². The summed E-state index contributed by atoms with van der Waals surface area (Å²) in [6, 6.07) is 7.94. The van der Waals surface area contributed by atoms with Crippen molar-refractivity contribution in [1.29, 1.82) is 0 Å². The Bertz CT molecular complexity index is 813. The van der Waals surface area contributed by atoms with Crippen LogP contribution in [0.5, 0.6) is 0 Å². The zero-order valence-electron chi connectivity index (χ0n) is 13.3. The number of aliphatic hydroxyl groups is 1. The second-order valence-electron chi connectivity index (χ2n) is 5.46. The van der Waals surface area contributed by atoms with E-state index in [4.69, 9.17) is 15.6 Å². The van der Waals surface area contributed by atoms with E-state index >= 15 is 0 Å². The summed E-state index contributed by atoms with van der Waals surface area (Å²) in [5.41, 5.74) is 8.71. The molecule has 0 aliphatic heterocycles. The summed E-state index contributed by atoms with van der Waals surface area (Å²) in [6.07, 6.45) is 1.63. The predicted octanol–water partition coefficient (Wildman–Crippen LogP) is 2.48. The van der Waals surface area contributed by atoms with Gasteiger partial charge in [-0.2, -0.15) is 0 Å². The van der Waals surface area contributed by atoms with Gasteiger partial charge in [-0.3, -0.25) is 0 Å². The number of imidazole rings is 1. The molecule has 0 fully saturated rings. The zero-order chi connectivity index (χ0) is 16.2. The lowest BCUT2D eigenvalue weighted by atomic mass is 10.2. The van der Waals surface area contributed by atoms with Crippen LogP contribution in [0, 0.1) is 0 Å². The van der Waals surface area contributed by atoms with Crippen molar-refractivity contribution in [3.63, 3.8) is 0 Å². The number of aliphatic hydroxyl groups excluding tert-OH is 1. The van der Waals surface area contributed by atoms with Crippen LogP contribution in [0.1, 0.15) is 25.6 Å². The Morgan fingerprint density at radius 3 is 2.83 bits per heavy atom. The molecule has 0 atom stereocenters. The standard InChI is InChI=1S/C17H22N4O2/c1-2-23-11-14-20-15-16(21(14)9-5-6-10-22)12-7-3-4-8-13(12)19-17(15)18/h3-4,7-8,22H,2,5-6,9-11H2,1H3,(H2,18,19). The Hall–Kier alpha value is -2.18. The summed E-state index contributed by atoms with van der Waals surface area (Å²) in [5.74, 6) is 1.29. The molecule has 23 heavy (non-hydrogen) atoms. The molecule has 0 spiro atoms. The van der Waals surface area contributed by atoms with Gasteiger partial charge in [0.1, 0.15) is 17.9 Å². The highest BCUT2D eigenvalue weighted by molar-refractivity contribution is 6.06. The second kappa shape index (κ2) is 6.93. The van der Waals surface area contributed by atoms with Gasteiger partial charge in [-0.25, -0.2) is 9.97 Å². The van der Waals surface area contributed by atoms with Crippen LogP contribution in [-0.2, 0) is 17.9 Å². The number of aryl methyl sites for hydroxylation is 1. The molecule has 6 nitrogen and oxygen atoms in total. The van der Waals surface area contributed by atoms with Crippen LogP contribution in [0.4, 0.5) is 5.82 Å². The number of fused-ring (bicyclic) bond motifs is 3. The minimum absolute atomic E-state index is 0.192. The lowest BCUT2D eigenvalue weighted by molar-refractivity contribution is 0.125. The number of para-hydroxylation sites is 1. The van der Waals surface area contributed by atoms with Crippen LogP contribution in [0.2, 0.25) is 0 Å². The van der Waals surface area contributed by atoms with Crippen LogP contribution >= 0.6 is 0 Å². The number of hydrogen-bond donors (Lipinski definition) is 2. The van der Waals surface area contributed by atoms with Crippen LogP contribution in [0.15, 0.2) is 24.3 Å². The molecule has 0 aliphatic carbocycles. The molecule has 0 saturated heterocycles. The number of aromatic nitrogens is 3. The number of nitrogens with zero attached hydrogens (tertiary/aromatic N) is 3.